The number of halogens is 6. The summed E-state index contributed by atoms with van der Waals surface area (Å²) in [7, 11) is -2.67. The van der Waals surface area contributed by atoms with Crippen LogP contribution >= 0.6 is 0 Å². The van der Waals surface area contributed by atoms with Crippen LogP contribution in [0.15, 0.2) is 47.8 Å². The topological polar surface area (TPSA) is 82.1 Å². The van der Waals surface area contributed by atoms with Crippen molar-refractivity contribution in [2.75, 3.05) is 5.75 Å². The van der Waals surface area contributed by atoms with Gasteiger partial charge in [-0.05, 0) is 18.2 Å². The van der Waals surface area contributed by atoms with Crippen LogP contribution in [0.1, 0.15) is 18.1 Å². The molecule has 0 spiro atoms. The molecule has 4 aromatic heterocycles. The highest BCUT2D eigenvalue weighted by Gasteiger charge is 2.35. The van der Waals surface area contributed by atoms with Gasteiger partial charge in [-0.25, -0.2) is 18.4 Å². The van der Waals surface area contributed by atoms with Crippen molar-refractivity contribution in [3.8, 4) is 11.5 Å². The molecule has 0 saturated heterocycles. The van der Waals surface area contributed by atoms with E-state index < -0.39 is 44.1 Å². The van der Waals surface area contributed by atoms with Crippen molar-refractivity contribution in [3.63, 3.8) is 0 Å². The number of imidazole rings is 2. The highest BCUT2D eigenvalue weighted by atomic mass is 32.2. The molecule has 188 valence electrons. The molecule has 5 aromatic rings. The number of benzene rings is 1. The van der Waals surface area contributed by atoms with E-state index in [9.17, 15) is 34.8 Å². The van der Waals surface area contributed by atoms with Crippen LogP contribution < -0.4 is 0 Å². The van der Waals surface area contributed by atoms with Crippen LogP contribution in [0.5, 0.6) is 0 Å². The van der Waals surface area contributed by atoms with E-state index in [0.29, 0.717) is 6.20 Å². The second-order valence-electron chi connectivity index (χ2n) is 8.00. The Bertz CT molecular complexity index is 1780. The van der Waals surface area contributed by atoms with E-state index in [1.807, 2.05) is 0 Å². The summed E-state index contributed by atoms with van der Waals surface area (Å²) in [6.07, 6.45) is -7.63. The maximum Gasteiger partial charge on any atom is 0.418 e. The summed E-state index contributed by atoms with van der Waals surface area (Å²) in [6, 6.07) is 5.35. The van der Waals surface area contributed by atoms with Gasteiger partial charge in [0.1, 0.15) is 16.9 Å². The number of rotatable bonds is 3. The standard InChI is InChI=1S/C22H15F6N5O2S/c1-3-36(34,35)20-17(31-15-8-7-11(10-33(15)20)21(23,24)25)19-30-14-9-29-16-12(18(14)32(19)2)5-4-6-13(16)22(26,27)28/h4-10H,3H2,1-2H3. The van der Waals surface area contributed by atoms with E-state index in [4.69, 9.17) is 0 Å². The fourth-order valence-electron chi connectivity index (χ4n) is 4.14. The van der Waals surface area contributed by atoms with Gasteiger partial charge in [-0.1, -0.05) is 19.1 Å². The number of nitrogens with zero attached hydrogens (tertiary/aromatic N) is 5. The number of para-hydroxylation sites is 1. The zero-order valence-corrected chi connectivity index (χ0v) is 19.3. The highest BCUT2D eigenvalue weighted by Crippen LogP contribution is 2.38. The van der Waals surface area contributed by atoms with Crippen molar-refractivity contribution in [2.45, 2.75) is 24.3 Å². The van der Waals surface area contributed by atoms with E-state index in [0.717, 1.165) is 28.8 Å². The third kappa shape index (κ3) is 3.58. The quantitative estimate of drug-likeness (QED) is 0.299. The van der Waals surface area contributed by atoms with Crippen molar-refractivity contribution < 1.29 is 34.8 Å². The maximum atomic E-state index is 13.5. The second kappa shape index (κ2) is 7.66. The normalized spacial score (nSPS) is 13.3. The summed E-state index contributed by atoms with van der Waals surface area (Å²) in [5.41, 5.74) is -2.26. The molecule has 5 rings (SSSR count). The van der Waals surface area contributed by atoms with E-state index in [1.165, 1.54) is 30.7 Å². The maximum absolute atomic E-state index is 13.5. The first kappa shape index (κ1) is 24.0. The lowest BCUT2D eigenvalue weighted by molar-refractivity contribution is -0.138. The van der Waals surface area contributed by atoms with Crippen LogP contribution in [0.2, 0.25) is 0 Å². The first-order valence-electron chi connectivity index (χ1n) is 10.4. The minimum absolute atomic E-state index is 0.0546. The van der Waals surface area contributed by atoms with Crippen molar-refractivity contribution in [1.82, 2.24) is 23.9 Å². The molecule has 0 radical (unpaired) electrons. The van der Waals surface area contributed by atoms with Crippen molar-refractivity contribution in [1.29, 1.82) is 0 Å². The SMILES string of the molecule is CCS(=O)(=O)c1c(-c2nc3cnc4c(C(F)(F)F)cccc4c3n2C)nc2ccc(C(F)(F)F)cn12. The van der Waals surface area contributed by atoms with E-state index in [2.05, 4.69) is 15.0 Å². The van der Waals surface area contributed by atoms with Crippen LogP contribution in [-0.4, -0.2) is 38.1 Å². The lowest BCUT2D eigenvalue weighted by Crippen LogP contribution is -2.11. The lowest BCUT2D eigenvalue weighted by Gasteiger charge is -2.10. The smallest absolute Gasteiger partial charge is 0.325 e. The van der Waals surface area contributed by atoms with E-state index >= 15 is 0 Å². The second-order valence-corrected chi connectivity index (χ2v) is 10.2. The number of aromatic nitrogens is 5. The molecule has 0 aliphatic carbocycles. The third-order valence-electron chi connectivity index (χ3n) is 5.82. The van der Waals surface area contributed by atoms with Gasteiger partial charge >= 0.3 is 12.4 Å². The predicted molar refractivity (Wildman–Crippen MR) is 118 cm³/mol. The van der Waals surface area contributed by atoms with Crippen molar-refractivity contribution >= 4 is 37.4 Å². The Hall–Kier alpha value is -3.68. The first-order chi connectivity index (χ1) is 16.7. The van der Waals surface area contributed by atoms with Gasteiger partial charge in [-0.3, -0.25) is 9.38 Å². The Kier molecular flexibility index (Phi) is 5.11. The molecule has 0 atom stereocenters. The molecule has 0 bridgehead atoms. The van der Waals surface area contributed by atoms with Crippen molar-refractivity contribution in [3.05, 3.63) is 53.9 Å². The summed E-state index contributed by atoms with van der Waals surface area (Å²) in [5, 5.41) is -0.385. The molecule has 0 saturated carbocycles. The molecular weight excluding hydrogens is 512 g/mol. The molecule has 0 amide bonds. The predicted octanol–water partition coefficient (Wildman–Crippen LogP) is 5.27. The average molecular weight is 527 g/mol. The highest BCUT2D eigenvalue weighted by molar-refractivity contribution is 7.91. The number of fused-ring (bicyclic) bond motifs is 4. The molecule has 0 unspecified atom stereocenters. The van der Waals surface area contributed by atoms with Gasteiger partial charge in [0.2, 0.25) is 0 Å². The summed E-state index contributed by atoms with van der Waals surface area (Å²) in [6.45, 7) is 1.33. The Morgan fingerprint density at radius 2 is 1.69 bits per heavy atom. The van der Waals surface area contributed by atoms with Crippen molar-refractivity contribution in [2.24, 2.45) is 7.05 Å². The summed E-state index contributed by atoms with van der Waals surface area (Å²) >= 11 is 0. The zero-order valence-electron chi connectivity index (χ0n) is 18.5. The molecule has 7 nitrogen and oxygen atoms in total. The monoisotopic (exact) mass is 527 g/mol. The summed E-state index contributed by atoms with van der Waals surface area (Å²) < 4.78 is 109. The molecule has 0 N–H and O–H groups in total. The molecule has 36 heavy (non-hydrogen) atoms. The molecule has 1 aromatic carbocycles. The van der Waals surface area contributed by atoms with E-state index in [-0.39, 0.29) is 39.1 Å². The van der Waals surface area contributed by atoms with Crippen LogP contribution in [-0.2, 0) is 29.2 Å². The Morgan fingerprint density at radius 3 is 2.33 bits per heavy atom. The molecule has 14 heteroatoms. The number of pyridine rings is 2. The number of sulfone groups is 1. The number of hydrogen-bond donors (Lipinski definition) is 0. The van der Waals surface area contributed by atoms with Gasteiger partial charge in [0.05, 0.1) is 34.1 Å². The minimum atomic E-state index is -4.73. The van der Waals surface area contributed by atoms with Gasteiger partial charge in [0.25, 0.3) is 0 Å². The Morgan fingerprint density at radius 1 is 0.972 bits per heavy atom. The number of aryl methyl sites for hydroxylation is 1. The van der Waals surface area contributed by atoms with Gasteiger partial charge in [-0.2, -0.15) is 26.3 Å². The average Bonchev–Trinajstić information content (AvgIpc) is 3.35. The zero-order chi connectivity index (χ0) is 26.2. The van der Waals surface area contributed by atoms with Gasteiger partial charge < -0.3 is 4.57 Å². The molecule has 0 fully saturated rings. The van der Waals surface area contributed by atoms with Gasteiger partial charge in [0.15, 0.2) is 20.7 Å². The Labute approximate surface area is 198 Å². The molecule has 0 aliphatic rings. The fourth-order valence-corrected chi connectivity index (χ4v) is 5.29. The number of hydrogen-bond acceptors (Lipinski definition) is 5. The minimum Gasteiger partial charge on any atom is -0.325 e. The number of alkyl halides is 6. The van der Waals surface area contributed by atoms with E-state index in [1.54, 1.807) is 0 Å². The third-order valence-corrected chi connectivity index (χ3v) is 7.56. The van der Waals surface area contributed by atoms with Crippen LogP contribution in [0.3, 0.4) is 0 Å². The molecule has 4 heterocycles. The van der Waals surface area contributed by atoms with Crippen LogP contribution in [0, 0.1) is 0 Å². The van der Waals surface area contributed by atoms with Gasteiger partial charge in [0, 0.05) is 18.6 Å². The van der Waals surface area contributed by atoms with Gasteiger partial charge in [-0.15, -0.1) is 0 Å². The molecule has 0 aliphatic heterocycles. The first-order valence-corrected chi connectivity index (χ1v) is 12.0. The largest absolute Gasteiger partial charge is 0.418 e. The lowest BCUT2D eigenvalue weighted by atomic mass is 10.1. The fraction of sp³-hybridized carbons (Fsp3) is 0.227. The summed E-state index contributed by atoms with van der Waals surface area (Å²) in [5.74, 6) is -0.492. The Balaban J connectivity index is 1.87. The molecular formula is C22H15F6N5O2S. The summed E-state index contributed by atoms with van der Waals surface area (Å²) in [4.78, 5) is 12.5. The van der Waals surface area contributed by atoms with Crippen LogP contribution in [0.25, 0.3) is 39.1 Å². The van der Waals surface area contributed by atoms with Crippen LogP contribution in [0.4, 0.5) is 26.3 Å².